The summed E-state index contributed by atoms with van der Waals surface area (Å²) in [6, 6.07) is 4.06. The third-order valence-electron chi connectivity index (χ3n) is 4.97. The number of allylic oxidation sites excluding steroid dienone is 1. The molecule has 2 amide bonds. The Kier molecular flexibility index (Phi) is 6.82. The molecular formula is C22H25FN6O3. The van der Waals surface area contributed by atoms with Crippen molar-refractivity contribution in [3.05, 3.63) is 59.8 Å². The van der Waals surface area contributed by atoms with Gasteiger partial charge < -0.3 is 15.8 Å². The number of carbonyl (C=O) groups is 2. The highest BCUT2D eigenvalue weighted by Crippen LogP contribution is 2.35. The van der Waals surface area contributed by atoms with Crippen molar-refractivity contribution in [2.75, 3.05) is 19.0 Å². The maximum atomic E-state index is 14.6. The first-order chi connectivity index (χ1) is 15.2. The van der Waals surface area contributed by atoms with Gasteiger partial charge in [0, 0.05) is 18.3 Å². The molecule has 2 heterocycles. The van der Waals surface area contributed by atoms with Crippen molar-refractivity contribution in [2.45, 2.75) is 32.2 Å². The minimum absolute atomic E-state index is 0.000330. The van der Waals surface area contributed by atoms with Crippen LogP contribution in [0, 0.1) is 5.82 Å². The van der Waals surface area contributed by atoms with Crippen LogP contribution in [-0.4, -0.2) is 46.3 Å². The van der Waals surface area contributed by atoms with Gasteiger partial charge in [0.2, 0.25) is 11.8 Å². The van der Waals surface area contributed by atoms with Gasteiger partial charge in [-0.2, -0.15) is 0 Å². The number of halogens is 1. The molecule has 1 aromatic carbocycles. The molecule has 1 aliphatic heterocycles. The van der Waals surface area contributed by atoms with E-state index in [1.807, 2.05) is 19.1 Å². The second kappa shape index (κ2) is 9.54. The number of hydrogen-bond acceptors (Lipinski definition) is 7. The number of nitrogens with two attached hydrogens (primary N) is 1. The average Bonchev–Trinajstić information content (AvgIpc) is 2.76. The highest BCUT2D eigenvalue weighted by molar-refractivity contribution is 6.03. The molecule has 0 spiro atoms. The van der Waals surface area contributed by atoms with Crippen LogP contribution in [0.4, 0.5) is 10.1 Å². The first-order valence-electron chi connectivity index (χ1n) is 10.1. The molecular weight excluding hydrogens is 415 g/mol. The van der Waals surface area contributed by atoms with Gasteiger partial charge in [0.1, 0.15) is 18.1 Å². The Labute approximate surface area is 185 Å². The van der Waals surface area contributed by atoms with Crippen LogP contribution in [0.15, 0.2) is 47.7 Å². The number of ether oxygens (including phenoxy) is 1. The summed E-state index contributed by atoms with van der Waals surface area (Å²) in [7, 11) is 1.51. The quantitative estimate of drug-likeness (QED) is 0.638. The van der Waals surface area contributed by atoms with Crippen LogP contribution in [0.25, 0.3) is 0 Å². The number of nitrogens with one attached hydrogen (secondary N) is 1. The number of anilines is 1. The summed E-state index contributed by atoms with van der Waals surface area (Å²) >= 11 is 0. The van der Waals surface area contributed by atoms with Crippen LogP contribution < -0.4 is 15.8 Å². The van der Waals surface area contributed by atoms with E-state index in [1.165, 1.54) is 42.5 Å². The Morgan fingerprint density at radius 2 is 2.12 bits per heavy atom. The van der Waals surface area contributed by atoms with Crippen LogP contribution in [0.1, 0.15) is 42.7 Å². The van der Waals surface area contributed by atoms with Crippen molar-refractivity contribution >= 4 is 23.5 Å². The van der Waals surface area contributed by atoms with Crippen molar-refractivity contribution in [1.82, 2.24) is 14.9 Å². The molecule has 3 N–H and O–H groups in total. The van der Waals surface area contributed by atoms with Crippen molar-refractivity contribution in [2.24, 2.45) is 10.7 Å². The monoisotopic (exact) mass is 440 g/mol. The maximum Gasteiger partial charge on any atom is 0.275 e. The SMILES string of the molecule is CC/C=C\COc1cnc(C(=O)Nc2ccc(F)c(C3(C)CC(=O)N(C)C(N)=N3)c2)cn1. The molecule has 0 aliphatic carbocycles. The minimum Gasteiger partial charge on any atom is -0.472 e. The number of hydrogen-bond donors (Lipinski definition) is 2. The molecule has 0 saturated heterocycles. The molecule has 0 radical (unpaired) electrons. The lowest BCUT2D eigenvalue weighted by Crippen LogP contribution is -2.47. The second-order valence-corrected chi connectivity index (χ2v) is 7.45. The molecule has 10 heteroatoms. The van der Waals surface area contributed by atoms with Gasteiger partial charge in [0.25, 0.3) is 5.91 Å². The van der Waals surface area contributed by atoms with Crippen LogP contribution in [0.5, 0.6) is 5.88 Å². The van der Waals surface area contributed by atoms with E-state index < -0.39 is 17.3 Å². The largest absolute Gasteiger partial charge is 0.472 e. The van der Waals surface area contributed by atoms with Crippen LogP contribution in [0.2, 0.25) is 0 Å². The summed E-state index contributed by atoms with van der Waals surface area (Å²) in [5.41, 5.74) is 5.16. The van der Waals surface area contributed by atoms with E-state index >= 15 is 0 Å². The highest BCUT2D eigenvalue weighted by atomic mass is 19.1. The number of carbonyl (C=O) groups excluding carboxylic acids is 2. The molecule has 3 rings (SSSR count). The fraction of sp³-hybridized carbons (Fsp3) is 0.318. The van der Waals surface area contributed by atoms with Gasteiger partial charge >= 0.3 is 0 Å². The van der Waals surface area contributed by atoms with Crippen molar-refractivity contribution in [3.63, 3.8) is 0 Å². The summed E-state index contributed by atoms with van der Waals surface area (Å²) in [4.78, 5) is 38.4. The fourth-order valence-corrected chi connectivity index (χ4v) is 3.15. The first kappa shape index (κ1) is 22.9. The highest BCUT2D eigenvalue weighted by Gasteiger charge is 2.38. The average molecular weight is 440 g/mol. The lowest BCUT2D eigenvalue weighted by Gasteiger charge is -2.34. The fourth-order valence-electron chi connectivity index (χ4n) is 3.15. The Morgan fingerprint density at radius 1 is 1.34 bits per heavy atom. The third-order valence-corrected chi connectivity index (χ3v) is 4.97. The van der Waals surface area contributed by atoms with Crippen molar-refractivity contribution < 1.29 is 18.7 Å². The number of amides is 2. The molecule has 1 atom stereocenters. The molecule has 1 aliphatic rings. The predicted molar refractivity (Wildman–Crippen MR) is 118 cm³/mol. The number of benzene rings is 1. The summed E-state index contributed by atoms with van der Waals surface area (Å²) in [5, 5.41) is 2.66. The number of guanidine groups is 1. The van der Waals surface area contributed by atoms with Crippen molar-refractivity contribution in [1.29, 1.82) is 0 Å². The van der Waals surface area contributed by atoms with Gasteiger partial charge in [-0.05, 0) is 31.5 Å². The van der Waals surface area contributed by atoms with Crippen LogP contribution in [0.3, 0.4) is 0 Å². The van der Waals surface area contributed by atoms with Gasteiger partial charge in [-0.25, -0.2) is 19.4 Å². The minimum atomic E-state index is -1.19. The Hall–Kier alpha value is -3.82. The Morgan fingerprint density at radius 3 is 2.78 bits per heavy atom. The van der Waals surface area contributed by atoms with E-state index in [1.54, 1.807) is 6.92 Å². The number of nitrogens with zero attached hydrogens (tertiary/aromatic N) is 4. The summed E-state index contributed by atoms with van der Waals surface area (Å²) in [6.07, 6.45) is 7.33. The Bertz CT molecular complexity index is 1070. The zero-order chi connectivity index (χ0) is 23.3. The molecule has 0 saturated carbocycles. The van der Waals surface area contributed by atoms with E-state index in [0.29, 0.717) is 18.2 Å². The van der Waals surface area contributed by atoms with E-state index in [4.69, 9.17) is 10.5 Å². The van der Waals surface area contributed by atoms with E-state index in [2.05, 4.69) is 20.3 Å². The lowest BCUT2D eigenvalue weighted by atomic mass is 9.87. The van der Waals surface area contributed by atoms with Gasteiger partial charge in [-0.3, -0.25) is 14.5 Å². The number of aromatic nitrogens is 2. The molecule has 168 valence electrons. The molecule has 0 bridgehead atoms. The van der Waals surface area contributed by atoms with Crippen LogP contribution >= 0.6 is 0 Å². The first-order valence-corrected chi connectivity index (χ1v) is 10.1. The molecule has 0 fully saturated rings. The second-order valence-electron chi connectivity index (χ2n) is 7.45. The van der Waals surface area contributed by atoms with Gasteiger partial charge in [0.05, 0.1) is 24.4 Å². The normalized spacial score (nSPS) is 18.6. The summed E-state index contributed by atoms with van der Waals surface area (Å²) < 4.78 is 20.0. The maximum absolute atomic E-state index is 14.6. The molecule has 9 nitrogen and oxygen atoms in total. The molecule has 1 unspecified atom stereocenters. The molecule has 1 aromatic heterocycles. The topological polar surface area (TPSA) is 123 Å². The zero-order valence-corrected chi connectivity index (χ0v) is 18.1. The third kappa shape index (κ3) is 5.08. The summed E-state index contributed by atoms with van der Waals surface area (Å²) in [5.74, 6) is -1.07. The van der Waals surface area contributed by atoms with Crippen LogP contribution in [-0.2, 0) is 10.3 Å². The number of aliphatic imine (C=N–C) groups is 1. The predicted octanol–water partition coefficient (Wildman–Crippen LogP) is 2.61. The van der Waals surface area contributed by atoms with Gasteiger partial charge in [0.15, 0.2) is 5.96 Å². The Balaban J connectivity index is 1.75. The number of rotatable bonds is 7. The van der Waals surface area contributed by atoms with Crippen molar-refractivity contribution in [3.8, 4) is 5.88 Å². The van der Waals surface area contributed by atoms with Gasteiger partial charge in [-0.15, -0.1) is 0 Å². The van der Waals surface area contributed by atoms with E-state index in [-0.39, 0.29) is 29.5 Å². The van der Waals surface area contributed by atoms with Gasteiger partial charge in [-0.1, -0.05) is 19.1 Å². The zero-order valence-electron chi connectivity index (χ0n) is 18.1. The smallest absolute Gasteiger partial charge is 0.275 e. The standard InChI is InChI=1S/C22H25FN6O3/c1-4-5-6-9-32-18-13-25-17(12-26-18)20(31)27-14-7-8-16(23)15(10-14)22(2)11-19(30)29(3)21(24)28-22/h5-8,10,12-13H,4,9,11H2,1-3H3,(H2,24,28)(H,27,31)/b6-5-. The lowest BCUT2D eigenvalue weighted by molar-refractivity contribution is -0.128. The van der Waals surface area contributed by atoms with E-state index in [9.17, 15) is 14.0 Å². The molecule has 2 aromatic rings. The van der Waals surface area contributed by atoms with E-state index in [0.717, 1.165) is 6.42 Å². The molecule has 32 heavy (non-hydrogen) atoms. The summed E-state index contributed by atoms with van der Waals surface area (Å²) in [6.45, 7) is 4.00.